The third-order valence-corrected chi connectivity index (χ3v) is 6.18. The van der Waals surface area contributed by atoms with E-state index >= 15 is 0 Å². The number of ether oxygens (including phenoxy) is 1. The molecule has 0 aliphatic rings. The Bertz CT molecular complexity index is 1320. The zero-order chi connectivity index (χ0) is 22.8. The van der Waals surface area contributed by atoms with Crippen molar-refractivity contribution in [1.82, 2.24) is 14.3 Å². The van der Waals surface area contributed by atoms with E-state index in [4.69, 9.17) is 22.1 Å². The number of ketones is 1. The molecule has 0 N–H and O–H groups in total. The van der Waals surface area contributed by atoms with E-state index in [1.165, 1.54) is 0 Å². The summed E-state index contributed by atoms with van der Waals surface area (Å²) < 4.78 is 10.2. The van der Waals surface area contributed by atoms with Crippen LogP contribution in [0.5, 0.6) is 5.75 Å². The fourth-order valence-electron chi connectivity index (χ4n) is 3.53. The molecule has 162 valence electrons. The van der Waals surface area contributed by atoms with Crippen LogP contribution in [-0.2, 0) is 0 Å². The SMILES string of the molecule is COc1ccc(C(=O)[C@@H](C)n2nc(-c3ccc(Br)cc3)n(-c3cccc(C)c3)c2=S)cc1. The molecule has 1 heterocycles. The Hall–Kier alpha value is -3.03. The lowest BCUT2D eigenvalue weighted by Gasteiger charge is -2.11. The van der Waals surface area contributed by atoms with Gasteiger partial charge in [-0.2, -0.15) is 5.10 Å². The van der Waals surface area contributed by atoms with Crippen molar-refractivity contribution >= 4 is 33.9 Å². The molecule has 4 aromatic rings. The number of nitrogens with zero attached hydrogens (tertiary/aromatic N) is 3. The van der Waals surface area contributed by atoms with Gasteiger partial charge in [-0.25, -0.2) is 4.68 Å². The van der Waals surface area contributed by atoms with Crippen molar-refractivity contribution < 1.29 is 9.53 Å². The monoisotopic (exact) mass is 507 g/mol. The second kappa shape index (κ2) is 9.22. The first-order valence-corrected chi connectivity index (χ1v) is 11.3. The molecule has 0 amide bonds. The summed E-state index contributed by atoms with van der Waals surface area (Å²) in [6, 6.07) is 22.4. The van der Waals surface area contributed by atoms with E-state index in [0.29, 0.717) is 21.9 Å². The molecule has 0 radical (unpaired) electrons. The molecule has 0 aliphatic carbocycles. The molecule has 1 atom stereocenters. The van der Waals surface area contributed by atoms with Crippen LogP contribution >= 0.6 is 28.1 Å². The van der Waals surface area contributed by atoms with Crippen LogP contribution in [0, 0.1) is 11.7 Å². The number of carbonyl (C=O) groups excluding carboxylic acids is 1. The third-order valence-electron chi connectivity index (χ3n) is 5.28. The first-order chi connectivity index (χ1) is 15.4. The molecule has 1 aromatic heterocycles. The maximum absolute atomic E-state index is 13.2. The minimum atomic E-state index is -0.573. The molecule has 0 saturated carbocycles. The maximum Gasteiger partial charge on any atom is 0.203 e. The smallest absolute Gasteiger partial charge is 0.203 e. The Morgan fingerprint density at radius 1 is 1.06 bits per heavy atom. The van der Waals surface area contributed by atoms with Gasteiger partial charge < -0.3 is 4.74 Å². The number of benzene rings is 3. The topological polar surface area (TPSA) is 49.1 Å². The largest absolute Gasteiger partial charge is 0.497 e. The lowest BCUT2D eigenvalue weighted by Crippen LogP contribution is -2.18. The average Bonchev–Trinajstić information content (AvgIpc) is 3.15. The van der Waals surface area contributed by atoms with E-state index in [1.807, 2.05) is 60.9 Å². The van der Waals surface area contributed by atoms with Gasteiger partial charge in [0.15, 0.2) is 11.6 Å². The lowest BCUT2D eigenvalue weighted by atomic mass is 10.1. The number of halogens is 1. The van der Waals surface area contributed by atoms with Gasteiger partial charge in [0.05, 0.1) is 12.8 Å². The van der Waals surface area contributed by atoms with Crippen molar-refractivity contribution in [2.24, 2.45) is 0 Å². The maximum atomic E-state index is 13.2. The van der Waals surface area contributed by atoms with Crippen LogP contribution in [0.3, 0.4) is 0 Å². The molecule has 32 heavy (non-hydrogen) atoms. The molecule has 0 fully saturated rings. The van der Waals surface area contributed by atoms with Gasteiger partial charge in [-0.05, 0) is 80.2 Å². The summed E-state index contributed by atoms with van der Waals surface area (Å²) in [4.78, 5) is 13.2. The molecule has 7 heteroatoms. The third kappa shape index (κ3) is 4.31. The van der Waals surface area contributed by atoms with Gasteiger partial charge in [0.25, 0.3) is 0 Å². The molecule has 0 aliphatic heterocycles. The predicted molar refractivity (Wildman–Crippen MR) is 132 cm³/mol. The number of aromatic nitrogens is 3. The van der Waals surface area contributed by atoms with Crippen LogP contribution in [0.2, 0.25) is 0 Å². The number of methoxy groups -OCH3 is 1. The van der Waals surface area contributed by atoms with E-state index in [-0.39, 0.29) is 5.78 Å². The summed E-state index contributed by atoms with van der Waals surface area (Å²) in [7, 11) is 1.60. The van der Waals surface area contributed by atoms with Crippen LogP contribution in [0.4, 0.5) is 0 Å². The fraction of sp³-hybridized carbons (Fsp3) is 0.160. The summed E-state index contributed by atoms with van der Waals surface area (Å²) in [6.07, 6.45) is 0. The average molecular weight is 508 g/mol. The van der Waals surface area contributed by atoms with Crippen molar-refractivity contribution in [1.29, 1.82) is 0 Å². The van der Waals surface area contributed by atoms with Gasteiger partial charge >= 0.3 is 0 Å². The van der Waals surface area contributed by atoms with Gasteiger partial charge in [0.2, 0.25) is 4.77 Å². The van der Waals surface area contributed by atoms with Crippen LogP contribution in [-0.4, -0.2) is 27.2 Å². The minimum Gasteiger partial charge on any atom is -0.497 e. The van der Waals surface area contributed by atoms with Gasteiger partial charge in [-0.3, -0.25) is 9.36 Å². The van der Waals surface area contributed by atoms with E-state index in [2.05, 4.69) is 22.0 Å². The normalized spacial score (nSPS) is 11.9. The second-order valence-corrected chi connectivity index (χ2v) is 8.78. The second-order valence-electron chi connectivity index (χ2n) is 7.50. The minimum absolute atomic E-state index is 0.0694. The van der Waals surface area contributed by atoms with Crippen LogP contribution in [0.25, 0.3) is 17.1 Å². The zero-order valence-corrected chi connectivity index (χ0v) is 20.4. The molecule has 0 bridgehead atoms. The van der Waals surface area contributed by atoms with E-state index in [1.54, 1.807) is 36.1 Å². The quantitative estimate of drug-likeness (QED) is 0.218. The number of carbonyl (C=O) groups is 1. The molecule has 5 nitrogen and oxygen atoms in total. The Balaban J connectivity index is 1.83. The number of Topliss-reactive ketones (excluding diaryl/α,β-unsaturated/α-hetero) is 1. The summed E-state index contributed by atoms with van der Waals surface area (Å²) in [5, 5.41) is 4.81. The highest BCUT2D eigenvalue weighted by atomic mass is 79.9. The fourth-order valence-corrected chi connectivity index (χ4v) is 4.18. The van der Waals surface area contributed by atoms with Crippen molar-refractivity contribution in [3.63, 3.8) is 0 Å². The number of rotatable bonds is 6. The summed E-state index contributed by atoms with van der Waals surface area (Å²) in [5.74, 6) is 1.31. The van der Waals surface area contributed by atoms with E-state index in [9.17, 15) is 4.79 Å². The molecule has 0 unspecified atom stereocenters. The van der Waals surface area contributed by atoms with Crippen LogP contribution < -0.4 is 4.74 Å². The standard InChI is InChI=1S/C25H22BrN3O2S/c1-16-5-4-6-21(15-16)28-24(19-7-11-20(26)12-8-19)27-29(25(28)32)17(2)23(30)18-9-13-22(31-3)14-10-18/h4-15,17H,1-3H3/t17-/m1/s1. The van der Waals surface area contributed by atoms with Gasteiger partial charge in [0.1, 0.15) is 11.8 Å². The van der Waals surface area contributed by atoms with Crippen molar-refractivity contribution in [3.05, 3.63) is 93.2 Å². The highest BCUT2D eigenvalue weighted by Gasteiger charge is 2.23. The first kappa shape index (κ1) is 22.2. The Morgan fingerprint density at radius 3 is 2.38 bits per heavy atom. The Labute approximate surface area is 200 Å². The Morgan fingerprint density at radius 2 is 1.75 bits per heavy atom. The van der Waals surface area contributed by atoms with Gasteiger partial charge in [-0.15, -0.1) is 0 Å². The number of aryl methyl sites for hydroxylation is 1. The van der Waals surface area contributed by atoms with Crippen molar-refractivity contribution in [3.8, 4) is 22.8 Å². The molecular weight excluding hydrogens is 486 g/mol. The van der Waals surface area contributed by atoms with Gasteiger partial charge in [0, 0.05) is 15.6 Å². The number of hydrogen-bond acceptors (Lipinski definition) is 4. The van der Waals surface area contributed by atoms with Crippen LogP contribution in [0.1, 0.15) is 28.9 Å². The molecule has 0 spiro atoms. The molecule has 0 saturated heterocycles. The van der Waals surface area contributed by atoms with Crippen molar-refractivity contribution in [2.45, 2.75) is 19.9 Å². The number of hydrogen-bond donors (Lipinski definition) is 0. The van der Waals surface area contributed by atoms with E-state index < -0.39 is 6.04 Å². The lowest BCUT2D eigenvalue weighted by molar-refractivity contribution is 0.0927. The highest BCUT2D eigenvalue weighted by Crippen LogP contribution is 2.27. The summed E-state index contributed by atoms with van der Waals surface area (Å²) in [6.45, 7) is 3.86. The van der Waals surface area contributed by atoms with Gasteiger partial charge in [-0.1, -0.05) is 40.2 Å². The summed E-state index contributed by atoms with van der Waals surface area (Å²) >= 11 is 9.31. The predicted octanol–water partition coefficient (Wildman–Crippen LogP) is 6.59. The Kier molecular flexibility index (Phi) is 6.39. The molecule has 3 aromatic carbocycles. The van der Waals surface area contributed by atoms with Crippen LogP contribution in [0.15, 0.2) is 77.3 Å². The van der Waals surface area contributed by atoms with Crippen molar-refractivity contribution in [2.75, 3.05) is 7.11 Å². The summed E-state index contributed by atoms with van der Waals surface area (Å²) in [5.41, 5.74) is 3.50. The molecular formula is C25H22BrN3O2S. The first-order valence-electron chi connectivity index (χ1n) is 10.1. The molecule has 4 rings (SSSR count). The van der Waals surface area contributed by atoms with E-state index in [0.717, 1.165) is 21.3 Å². The highest BCUT2D eigenvalue weighted by molar-refractivity contribution is 9.10. The zero-order valence-electron chi connectivity index (χ0n) is 17.9.